The second-order valence-electron chi connectivity index (χ2n) is 5.78. The summed E-state index contributed by atoms with van der Waals surface area (Å²) in [5.41, 5.74) is -0.417. The van der Waals surface area contributed by atoms with E-state index in [0.29, 0.717) is 6.54 Å². The number of likely N-dealkylation sites (N-methyl/N-ethyl adjacent to an activating group) is 2. The van der Waals surface area contributed by atoms with Crippen molar-refractivity contribution in [2.24, 2.45) is 5.41 Å². The highest BCUT2D eigenvalue weighted by Crippen LogP contribution is 2.14. The zero-order valence-corrected chi connectivity index (χ0v) is 12.4. The molecule has 0 heterocycles. The lowest BCUT2D eigenvalue weighted by molar-refractivity contribution is -0.139. The number of rotatable bonds is 7. The Bertz CT molecular complexity index is 282. The van der Waals surface area contributed by atoms with Gasteiger partial charge in [0.1, 0.15) is 13.2 Å². The molecule has 0 aromatic heterocycles. The average molecular weight is 258 g/mol. The van der Waals surface area contributed by atoms with Crippen molar-refractivity contribution < 1.29 is 14.3 Å². The third kappa shape index (κ3) is 7.40. The van der Waals surface area contributed by atoms with E-state index in [9.17, 15) is 9.59 Å². The van der Waals surface area contributed by atoms with Gasteiger partial charge in [-0.15, -0.1) is 0 Å². The first-order valence-corrected chi connectivity index (χ1v) is 6.14. The molecular weight excluding hydrogens is 232 g/mol. The van der Waals surface area contributed by atoms with Gasteiger partial charge in [0.2, 0.25) is 5.91 Å². The summed E-state index contributed by atoms with van der Waals surface area (Å²) in [4.78, 5) is 26.9. The molecule has 0 aliphatic rings. The highest BCUT2D eigenvalue weighted by Gasteiger charge is 2.21. The van der Waals surface area contributed by atoms with E-state index in [1.54, 1.807) is 11.9 Å². The van der Waals surface area contributed by atoms with Crippen LogP contribution in [0.3, 0.4) is 0 Å². The van der Waals surface area contributed by atoms with E-state index in [1.807, 2.05) is 39.8 Å². The van der Waals surface area contributed by atoms with Gasteiger partial charge in [0.15, 0.2) is 5.78 Å². The molecule has 5 nitrogen and oxygen atoms in total. The SMILES string of the molecule is CN(C)CCN(C)C(=O)COCC(=O)C(C)(C)C. The largest absolute Gasteiger partial charge is 0.364 e. The first-order chi connectivity index (χ1) is 8.14. The molecule has 0 aliphatic carbocycles. The molecule has 0 fully saturated rings. The van der Waals surface area contributed by atoms with Crippen molar-refractivity contribution in [2.75, 3.05) is 47.4 Å². The van der Waals surface area contributed by atoms with E-state index in [1.165, 1.54) is 0 Å². The van der Waals surface area contributed by atoms with Crippen LogP contribution in [0.4, 0.5) is 0 Å². The minimum atomic E-state index is -0.417. The average Bonchev–Trinajstić information content (AvgIpc) is 2.23. The van der Waals surface area contributed by atoms with Gasteiger partial charge < -0.3 is 14.5 Å². The van der Waals surface area contributed by atoms with Gasteiger partial charge in [-0.3, -0.25) is 9.59 Å². The van der Waals surface area contributed by atoms with Crippen molar-refractivity contribution in [2.45, 2.75) is 20.8 Å². The number of ketones is 1. The minimum Gasteiger partial charge on any atom is -0.364 e. The minimum absolute atomic E-state index is 0.00321. The Morgan fingerprint density at radius 1 is 1.00 bits per heavy atom. The van der Waals surface area contributed by atoms with Crippen LogP contribution in [-0.4, -0.2) is 68.9 Å². The van der Waals surface area contributed by atoms with E-state index >= 15 is 0 Å². The number of nitrogens with zero attached hydrogens (tertiary/aromatic N) is 2. The highest BCUT2D eigenvalue weighted by molar-refractivity contribution is 5.85. The van der Waals surface area contributed by atoms with Crippen molar-refractivity contribution in [3.63, 3.8) is 0 Å². The molecule has 0 aliphatic heterocycles. The van der Waals surface area contributed by atoms with E-state index in [2.05, 4.69) is 0 Å². The second kappa shape index (κ2) is 7.48. The number of ether oxygens (including phenoxy) is 1. The molecule has 0 unspecified atom stereocenters. The summed E-state index contributed by atoms with van der Waals surface area (Å²) in [5, 5.41) is 0. The molecule has 1 amide bonds. The fourth-order valence-electron chi connectivity index (χ4n) is 1.03. The predicted molar refractivity (Wildman–Crippen MR) is 71.5 cm³/mol. The maximum atomic E-state index is 11.7. The fraction of sp³-hybridized carbons (Fsp3) is 0.846. The Balaban J connectivity index is 3.87. The van der Waals surface area contributed by atoms with Crippen LogP contribution in [0.5, 0.6) is 0 Å². The Hall–Kier alpha value is -0.940. The predicted octanol–water partition coefficient (Wildman–Crippen LogP) is 0.638. The third-order valence-electron chi connectivity index (χ3n) is 2.60. The Labute approximate surface area is 110 Å². The lowest BCUT2D eigenvalue weighted by Crippen LogP contribution is -2.36. The third-order valence-corrected chi connectivity index (χ3v) is 2.60. The summed E-state index contributed by atoms with van der Waals surface area (Å²) in [6.07, 6.45) is 0. The zero-order valence-electron chi connectivity index (χ0n) is 12.4. The van der Waals surface area contributed by atoms with Crippen molar-refractivity contribution in [1.29, 1.82) is 0 Å². The molecule has 0 bridgehead atoms. The van der Waals surface area contributed by atoms with Gasteiger partial charge in [-0.2, -0.15) is 0 Å². The summed E-state index contributed by atoms with van der Waals surface area (Å²) in [7, 11) is 5.65. The number of hydrogen-bond acceptors (Lipinski definition) is 4. The van der Waals surface area contributed by atoms with Crippen LogP contribution in [0.2, 0.25) is 0 Å². The van der Waals surface area contributed by atoms with Gasteiger partial charge >= 0.3 is 0 Å². The molecule has 18 heavy (non-hydrogen) atoms. The first-order valence-electron chi connectivity index (χ1n) is 6.14. The number of carbonyl (C=O) groups excluding carboxylic acids is 2. The lowest BCUT2D eigenvalue weighted by Gasteiger charge is -2.20. The Kier molecular flexibility index (Phi) is 7.09. The summed E-state index contributed by atoms with van der Waals surface area (Å²) in [6.45, 7) is 6.94. The monoisotopic (exact) mass is 258 g/mol. The van der Waals surface area contributed by atoms with Crippen molar-refractivity contribution in [3.05, 3.63) is 0 Å². The van der Waals surface area contributed by atoms with Crippen LogP contribution in [-0.2, 0) is 14.3 Å². The molecule has 0 saturated heterocycles. The maximum absolute atomic E-state index is 11.7. The van der Waals surface area contributed by atoms with Gasteiger partial charge in [0.05, 0.1) is 0 Å². The zero-order chi connectivity index (χ0) is 14.3. The van der Waals surface area contributed by atoms with Crippen LogP contribution < -0.4 is 0 Å². The van der Waals surface area contributed by atoms with Gasteiger partial charge in [-0.1, -0.05) is 20.8 Å². The van der Waals surface area contributed by atoms with Gasteiger partial charge in [0, 0.05) is 25.6 Å². The molecule has 0 atom stereocenters. The van der Waals surface area contributed by atoms with Crippen LogP contribution in [0.15, 0.2) is 0 Å². The summed E-state index contributed by atoms with van der Waals surface area (Å²) in [5.74, 6) is -0.0928. The summed E-state index contributed by atoms with van der Waals surface area (Å²) in [6, 6.07) is 0. The maximum Gasteiger partial charge on any atom is 0.248 e. The molecule has 106 valence electrons. The molecular formula is C13H26N2O3. The molecule has 0 saturated carbocycles. The van der Waals surface area contributed by atoms with E-state index in [0.717, 1.165) is 6.54 Å². The van der Waals surface area contributed by atoms with Gasteiger partial charge in [0.25, 0.3) is 0 Å². The fourth-order valence-corrected chi connectivity index (χ4v) is 1.03. The quantitative estimate of drug-likeness (QED) is 0.672. The molecule has 0 aromatic carbocycles. The molecule has 0 aromatic rings. The van der Waals surface area contributed by atoms with Gasteiger partial charge in [-0.05, 0) is 14.1 Å². The van der Waals surface area contributed by atoms with Crippen LogP contribution in [0.25, 0.3) is 0 Å². The first kappa shape index (κ1) is 17.1. The van der Waals surface area contributed by atoms with Gasteiger partial charge in [-0.25, -0.2) is 0 Å². The normalized spacial score (nSPS) is 11.7. The molecule has 0 N–H and O–H groups in total. The van der Waals surface area contributed by atoms with Crippen molar-refractivity contribution in [3.8, 4) is 0 Å². The molecule has 0 radical (unpaired) electrons. The summed E-state index contributed by atoms with van der Waals surface area (Å²) < 4.78 is 5.16. The number of hydrogen-bond donors (Lipinski definition) is 0. The Morgan fingerprint density at radius 3 is 2.00 bits per heavy atom. The number of carbonyl (C=O) groups is 2. The van der Waals surface area contributed by atoms with Crippen LogP contribution in [0, 0.1) is 5.41 Å². The smallest absolute Gasteiger partial charge is 0.248 e. The molecule has 5 heteroatoms. The lowest BCUT2D eigenvalue weighted by atomic mass is 9.91. The Morgan fingerprint density at radius 2 is 1.56 bits per heavy atom. The molecule has 0 rings (SSSR count). The molecule has 0 spiro atoms. The van der Waals surface area contributed by atoms with Crippen molar-refractivity contribution in [1.82, 2.24) is 9.80 Å². The van der Waals surface area contributed by atoms with E-state index < -0.39 is 5.41 Å². The standard InChI is InChI=1S/C13H26N2O3/c1-13(2,3)11(16)9-18-10-12(17)15(6)8-7-14(4)5/h7-10H2,1-6H3. The van der Waals surface area contributed by atoms with Crippen LogP contribution in [0.1, 0.15) is 20.8 Å². The highest BCUT2D eigenvalue weighted by atomic mass is 16.5. The number of Topliss-reactive ketones (excluding diaryl/α,β-unsaturated/α-hetero) is 1. The van der Waals surface area contributed by atoms with Crippen molar-refractivity contribution >= 4 is 11.7 Å². The summed E-state index contributed by atoms with van der Waals surface area (Å²) >= 11 is 0. The topological polar surface area (TPSA) is 49.9 Å². The number of amides is 1. The van der Waals surface area contributed by atoms with E-state index in [-0.39, 0.29) is 24.9 Å². The van der Waals surface area contributed by atoms with Crippen LogP contribution >= 0.6 is 0 Å². The van der Waals surface area contributed by atoms with E-state index in [4.69, 9.17) is 4.74 Å². The second-order valence-corrected chi connectivity index (χ2v) is 5.78.